The lowest BCUT2D eigenvalue weighted by Crippen LogP contribution is -2.21. The minimum atomic E-state index is -0.313. The zero-order valence-corrected chi connectivity index (χ0v) is 12.9. The molecule has 0 saturated carbocycles. The third-order valence-electron chi connectivity index (χ3n) is 2.83. The van der Waals surface area contributed by atoms with Crippen molar-refractivity contribution in [2.24, 2.45) is 0 Å². The molecule has 0 unspecified atom stereocenters. The highest BCUT2D eigenvalue weighted by atomic mass is 32.2. The molecule has 7 heteroatoms. The molecule has 0 radical (unpaired) electrons. The van der Waals surface area contributed by atoms with Gasteiger partial charge in [-0.15, -0.1) is 5.10 Å². The number of rotatable bonds is 11. The highest BCUT2D eigenvalue weighted by molar-refractivity contribution is 7.99. The van der Waals surface area contributed by atoms with Crippen LogP contribution >= 0.6 is 11.8 Å². The lowest BCUT2D eigenvalue weighted by Gasteiger charge is -2.13. The van der Waals surface area contributed by atoms with E-state index in [1.54, 1.807) is 30.7 Å². The van der Waals surface area contributed by atoms with E-state index in [-0.39, 0.29) is 6.29 Å². The Kier molecular flexibility index (Phi) is 8.77. The Morgan fingerprint density at radius 2 is 1.89 bits per heavy atom. The lowest BCUT2D eigenvalue weighted by atomic mass is 10.2. The summed E-state index contributed by atoms with van der Waals surface area (Å²) in [5.41, 5.74) is 0. The molecule has 0 aliphatic rings. The lowest BCUT2D eigenvalue weighted by molar-refractivity contribution is -0.113. The number of nitrogens with zero attached hydrogens (tertiary/aromatic N) is 4. The zero-order valence-electron chi connectivity index (χ0n) is 12.0. The van der Waals surface area contributed by atoms with Crippen LogP contribution in [0.4, 0.5) is 0 Å². The Morgan fingerprint density at radius 3 is 2.58 bits per heavy atom. The second-order valence-corrected chi connectivity index (χ2v) is 5.37. The molecule has 1 aromatic rings. The molecule has 0 fully saturated rings. The first-order valence-electron chi connectivity index (χ1n) is 6.76. The molecule has 110 valence electrons. The summed E-state index contributed by atoms with van der Waals surface area (Å²) in [7, 11) is 3.22. The standard InChI is InChI=1S/C12H24N4O2S/c1-4-5-6-7-8-9-19-12-13-14-15-16(12)10-11(17-2)18-3/h11H,4-10H2,1-3H3. The second kappa shape index (κ2) is 10.2. The van der Waals surface area contributed by atoms with Crippen molar-refractivity contribution in [3.05, 3.63) is 0 Å². The number of ether oxygens (including phenoxy) is 2. The fourth-order valence-corrected chi connectivity index (χ4v) is 2.56. The van der Waals surface area contributed by atoms with Gasteiger partial charge in [0, 0.05) is 20.0 Å². The van der Waals surface area contributed by atoms with Crippen molar-refractivity contribution < 1.29 is 9.47 Å². The Bertz CT molecular complexity index is 331. The van der Waals surface area contributed by atoms with Gasteiger partial charge >= 0.3 is 0 Å². The van der Waals surface area contributed by atoms with Gasteiger partial charge in [0.25, 0.3) is 0 Å². The molecule has 0 aliphatic heterocycles. The molecule has 0 N–H and O–H groups in total. The maximum atomic E-state index is 5.15. The first-order valence-corrected chi connectivity index (χ1v) is 7.75. The minimum absolute atomic E-state index is 0.313. The van der Waals surface area contributed by atoms with E-state index in [1.165, 1.54) is 32.1 Å². The molecule has 19 heavy (non-hydrogen) atoms. The first-order chi connectivity index (χ1) is 9.31. The third-order valence-corrected chi connectivity index (χ3v) is 3.87. The monoisotopic (exact) mass is 288 g/mol. The van der Waals surface area contributed by atoms with E-state index in [9.17, 15) is 0 Å². The first kappa shape index (κ1) is 16.4. The summed E-state index contributed by atoms with van der Waals surface area (Å²) in [5.74, 6) is 1.05. The van der Waals surface area contributed by atoms with Crippen molar-refractivity contribution in [3.63, 3.8) is 0 Å². The molecule has 0 saturated heterocycles. The van der Waals surface area contributed by atoms with Crippen molar-refractivity contribution in [2.75, 3.05) is 20.0 Å². The molecular formula is C12H24N4O2S. The fraction of sp³-hybridized carbons (Fsp3) is 0.917. The molecule has 1 rings (SSSR count). The Labute approximate surface area is 119 Å². The maximum absolute atomic E-state index is 5.15. The van der Waals surface area contributed by atoms with Crippen molar-refractivity contribution in [3.8, 4) is 0 Å². The van der Waals surface area contributed by atoms with Gasteiger partial charge in [-0.3, -0.25) is 0 Å². The van der Waals surface area contributed by atoms with Crippen LogP contribution in [0.1, 0.15) is 39.0 Å². The van der Waals surface area contributed by atoms with Gasteiger partial charge in [-0.05, 0) is 16.8 Å². The molecule has 0 atom stereocenters. The quantitative estimate of drug-likeness (QED) is 0.354. The number of unbranched alkanes of at least 4 members (excludes halogenated alkanes) is 4. The van der Waals surface area contributed by atoms with Crippen LogP contribution in [-0.4, -0.2) is 46.5 Å². The van der Waals surface area contributed by atoms with E-state index in [0.29, 0.717) is 6.54 Å². The van der Waals surface area contributed by atoms with E-state index in [4.69, 9.17) is 9.47 Å². The summed E-state index contributed by atoms with van der Waals surface area (Å²) >= 11 is 1.69. The summed E-state index contributed by atoms with van der Waals surface area (Å²) < 4.78 is 12.0. The van der Waals surface area contributed by atoms with E-state index in [1.807, 2.05) is 0 Å². The van der Waals surface area contributed by atoms with Crippen LogP contribution in [-0.2, 0) is 16.0 Å². The van der Waals surface area contributed by atoms with Crippen molar-refractivity contribution in [1.82, 2.24) is 20.2 Å². The largest absolute Gasteiger partial charge is 0.354 e. The summed E-state index contributed by atoms with van der Waals surface area (Å²) in [4.78, 5) is 0. The van der Waals surface area contributed by atoms with Gasteiger partial charge in [-0.2, -0.15) is 0 Å². The number of hydrogen-bond donors (Lipinski definition) is 0. The predicted octanol–water partition coefficient (Wildman–Crippen LogP) is 2.35. The molecule has 0 aromatic carbocycles. The summed E-state index contributed by atoms with van der Waals surface area (Å²) in [6, 6.07) is 0. The van der Waals surface area contributed by atoms with Gasteiger partial charge in [0.15, 0.2) is 6.29 Å². The Hall–Kier alpha value is -0.660. The Morgan fingerprint density at radius 1 is 1.16 bits per heavy atom. The van der Waals surface area contributed by atoms with Crippen LogP contribution in [0.2, 0.25) is 0 Å². The molecule has 0 aliphatic carbocycles. The van der Waals surface area contributed by atoms with Crippen LogP contribution < -0.4 is 0 Å². The van der Waals surface area contributed by atoms with Gasteiger partial charge in [0.05, 0.1) is 6.54 Å². The Balaban J connectivity index is 2.28. The number of thioether (sulfide) groups is 1. The normalized spacial score (nSPS) is 11.4. The summed E-state index contributed by atoms with van der Waals surface area (Å²) in [5, 5.41) is 12.5. The molecule has 1 aromatic heterocycles. The van der Waals surface area contributed by atoms with Crippen LogP contribution in [0, 0.1) is 0 Å². The highest BCUT2D eigenvalue weighted by Gasteiger charge is 2.12. The number of tetrazole rings is 1. The predicted molar refractivity (Wildman–Crippen MR) is 75.1 cm³/mol. The van der Waals surface area contributed by atoms with E-state index in [2.05, 4.69) is 22.4 Å². The van der Waals surface area contributed by atoms with Gasteiger partial charge < -0.3 is 9.47 Å². The molecule has 0 spiro atoms. The van der Waals surface area contributed by atoms with Gasteiger partial charge in [0.2, 0.25) is 5.16 Å². The smallest absolute Gasteiger partial charge is 0.209 e. The van der Waals surface area contributed by atoms with Crippen LogP contribution in [0.15, 0.2) is 5.16 Å². The van der Waals surface area contributed by atoms with Gasteiger partial charge in [0.1, 0.15) is 0 Å². The fourth-order valence-electron chi connectivity index (χ4n) is 1.67. The van der Waals surface area contributed by atoms with Crippen LogP contribution in [0.25, 0.3) is 0 Å². The third kappa shape index (κ3) is 6.35. The van der Waals surface area contributed by atoms with Gasteiger partial charge in [-0.25, -0.2) is 4.68 Å². The van der Waals surface area contributed by atoms with E-state index in [0.717, 1.165) is 10.9 Å². The summed E-state index contributed by atoms with van der Waals surface area (Å²) in [6.45, 7) is 2.74. The molecule has 0 amide bonds. The minimum Gasteiger partial charge on any atom is -0.354 e. The number of aromatic nitrogens is 4. The molecule has 6 nitrogen and oxygen atoms in total. The zero-order chi connectivity index (χ0) is 13.9. The second-order valence-electron chi connectivity index (χ2n) is 4.31. The van der Waals surface area contributed by atoms with E-state index < -0.39 is 0 Å². The average molecular weight is 288 g/mol. The number of hydrogen-bond acceptors (Lipinski definition) is 6. The maximum Gasteiger partial charge on any atom is 0.209 e. The number of methoxy groups -OCH3 is 2. The van der Waals surface area contributed by atoms with Gasteiger partial charge in [-0.1, -0.05) is 44.4 Å². The molecular weight excluding hydrogens is 264 g/mol. The van der Waals surface area contributed by atoms with Crippen molar-refractivity contribution >= 4 is 11.8 Å². The van der Waals surface area contributed by atoms with E-state index >= 15 is 0 Å². The van der Waals surface area contributed by atoms with Crippen molar-refractivity contribution in [2.45, 2.75) is 57.0 Å². The molecule has 0 bridgehead atoms. The highest BCUT2D eigenvalue weighted by Crippen LogP contribution is 2.17. The topological polar surface area (TPSA) is 62.1 Å². The van der Waals surface area contributed by atoms with Crippen LogP contribution in [0.5, 0.6) is 0 Å². The molecule has 1 heterocycles. The summed E-state index contributed by atoms with van der Waals surface area (Å²) in [6.07, 6.45) is 6.09. The van der Waals surface area contributed by atoms with Crippen molar-refractivity contribution in [1.29, 1.82) is 0 Å². The average Bonchev–Trinajstić information content (AvgIpc) is 2.87. The van der Waals surface area contributed by atoms with Crippen LogP contribution in [0.3, 0.4) is 0 Å². The SMILES string of the molecule is CCCCCCCSc1nnnn1CC(OC)OC.